The molecule has 0 bridgehead atoms. The zero-order valence-corrected chi connectivity index (χ0v) is 12.7. The molecule has 0 aromatic carbocycles. The van der Waals surface area contributed by atoms with Gasteiger partial charge >= 0.3 is 0 Å². The van der Waals surface area contributed by atoms with E-state index in [2.05, 4.69) is 20.3 Å². The quantitative estimate of drug-likeness (QED) is 0.799. The van der Waals surface area contributed by atoms with Crippen molar-refractivity contribution < 1.29 is 9.53 Å². The molecule has 0 aliphatic rings. The Morgan fingerprint density at radius 3 is 2.65 bits per heavy atom. The molecule has 0 atom stereocenters. The van der Waals surface area contributed by atoms with Gasteiger partial charge in [-0.3, -0.25) is 9.36 Å². The van der Waals surface area contributed by atoms with Crippen molar-refractivity contribution in [2.24, 2.45) is 0 Å². The summed E-state index contributed by atoms with van der Waals surface area (Å²) in [5.41, 5.74) is 0.927. The predicted molar refractivity (Wildman–Crippen MR) is 84.8 cm³/mol. The van der Waals surface area contributed by atoms with Crippen LogP contribution in [0.25, 0.3) is 5.82 Å². The molecule has 7 nitrogen and oxygen atoms in total. The Labute approximate surface area is 133 Å². The molecule has 3 aromatic rings. The minimum Gasteiger partial charge on any atom is -0.480 e. The first-order valence-corrected chi connectivity index (χ1v) is 6.96. The Balaban J connectivity index is 1.95. The Morgan fingerprint density at radius 2 is 1.91 bits per heavy atom. The van der Waals surface area contributed by atoms with E-state index < -0.39 is 0 Å². The van der Waals surface area contributed by atoms with Crippen molar-refractivity contribution >= 4 is 11.6 Å². The number of nitrogens with zero attached hydrogens (tertiary/aromatic N) is 4. The van der Waals surface area contributed by atoms with Crippen LogP contribution in [0.15, 0.2) is 49.1 Å². The monoisotopic (exact) mass is 309 g/mol. The molecule has 3 rings (SSSR count). The summed E-state index contributed by atoms with van der Waals surface area (Å²) in [4.78, 5) is 25.1. The molecule has 7 heteroatoms. The normalized spacial score (nSPS) is 10.3. The third-order valence-corrected chi connectivity index (χ3v) is 3.30. The van der Waals surface area contributed by atoms with E-state index in [1.807, 2.05) is 6.92 Å². The van der Waals surface area contributed by atoms with Gasteiger partial charge in [0.1, 0.15) is 11.4 Å². The molecule has 23 heavy (non-hydrogen) atoms. The number of aromatic nitrogens is 4. The summed E-state index contributed by atoms with van der Waals surface area (Å²) in [5.74, 6) is 1.33. The number of carbonyl (C=O) groups excluding carboxylic acids is 1. The third-order valence-electron chi connectivity index (χ3n) is 3.30. The fourth-order valence-electron chi connectivity index (χ4n) is 2.20. The number of amides is 1. The molecule has 0 spiro atoms. The van der Waals surface area contributed by atoms with Crippen LogP contribution in [-0.2, 0) is 0 Å². The lowest BCUT2D eigenvalue weighted by Gasteiger charge is -2.12. The van der Waals surface area contributed by atoms with Gasteiger partial charge in [0, 0.05) is 24.8 Å². The minimum absolute atomic E-state index is 0.272. The zero-order chi connectivity index (χ0) is 16.2. The van der Waals surface area contributed by atoms with Gasteiger partial charge in [0.05, 0.1) is 12.8 Å². The second-order valence-corrected chi connectivity index (χ2v) is 4.73. The maximum Gasteiger partial charge on any atom is 0.261 e. The van der Waals surface area contributed by atoms with Crippen molar-refractivity contribution in [2.75, 3.05) is 12.4 Å². The highest BCUT2D eigenvalue weighted by Gasteiger charge is 2.16. The van der Waals surface area contributed by atoms with Crippen LogP contribution in [0.2, 0.25) is 0 Å². The van der Waals surface area contributed by atoms with E-state index in [9.17, 15) is 4.79 Å². The second-order valence-electron chi connectivity index (χ2n) is 4.73. The fourth-order valence-corrected chi connectivity index (χ4v) is 2.20. The summed E-state index contributed by atoms with van der Waals surface area (Å²) < 4.78 is 6.92. The van der Waals surface area contributed by atoms with Crippen molar-refractivity contribution in [1.82, 2.24) is 19.5 Å². The molecule has 3 heterocycles. The number of anilines is 1. The highest BCUT2D eigenvalue weighted by Crippen LogP contribution is 2.21. The Kier molecular flexibility index (Phi) is 4.01. The summed E-state index contributed by atoms with van der Waals surface area (Å²) in [6.07, 6.45) is 6.70. The van der Waals surface area contributed by atoms with Crippen molar-refractivity contribution in [2.45, 2.75) is 6.92 Å². The van der Waals surface area contributed by atoms with Gasteiger partial charge in [0.15, 0.2) is 5.82 Å². The van der Waals surface area contributed by atoms with E-state index >= 15 is 0 Å². The van der Waals surface area contributed by atoms with E-state index in [-0.39, 0.29) is 11.8 Å². The molecular formula is C16H15N5O2. The molecule has 0 saturated heterocycles. The number of methoxy groups -OCH3 is 1. The van der Waals surface area contributed by atoms with Crippen molar-refractivity contribution in [1.29, 1.82) is 0 Å². The molecule has 1 N–H and O–H groups in total. The molecule has 0 fully saturated rings. The number of imidazole rings is 1. The predicted octanol–water partition coefficient (Wildman–Crippen LogP) is 2.23. The van der Waals surface area contributed by atoms with Gasteiger partial charge < -0.3 is 10.1 Å². The molecule has 3 aromatic heterocycles. The van der Waals surface area contributed by atoms with Gasteiger partial charge in [0.2, 0.25) is 5.88 Å². The van der Waals surface area contributed by atoms with Crippen LogP contribution in [0.5, 0.6) is 5.88 Å². The number of pyridine rings is 2. The minimum atomic E-state index is -0.318. The largest absolute Gasteiger partial charge is 0.480 e. The average Bonchev–Trinajstić information content (AvgIpc) is 3.01. The molecule has 0 aliphatic heterocycles. The second kappa shape index (κ2) is 6.27. The lowest BCUT2D eigenvalue weighted by Crippen LogP contribution is -2.16. The summed E-state index contributed by atoms with van der Waals surface area (Å²) in [6, 6.07) is 6.87. The summed E-state index contributed by atoms with van der Waals surface area (Å²) in [7, 11) is 1.48. The van der Waals surface area contributed by atoms with Gasteiger partial charge in [-0.25, -0.2) is 15.0 Å². The van der Waals surface area contributed by atoms with Crippen LogP contribution in [0, 0.1) is 6.92 Å². The Hall–Kier alpha value is -3.22. The molecule has 0 saturated carbocycles. The first-order chi connectivity index (χ1) is 11.2. The standard InChI is InChI=1S/C16H15N5O2/c1-11-17-9-10-21(11)14-13(6-4-7-18-14)20-15(22)12-5-3-8-19-16(12)23-2/h3-10H,1-2H3,(H,20,22). The highest BCUT2D eigenvalue weighted by atomic mass is 16.5. The van der Waals surface area contributed by atoms with E-state index in [0.717, 1.165) is 5.82 Å². The molecule has 0 aliphatic carbocycles. The van der Waals surface area contributed by atoms with Crippen LogP contribution in [-0.4, -0.2) is 32.5 Å². The smallest absolute Gasteiger partial charge is 0.261 e. The number of hydrogen-bond donors (Lipinski definition) is 1. The van der Waals surface area contributed by atoms with Crippen molar-refractivity contribution in [3.8, 4) is 11.7 Å². The third kappa shape index (κ3) is 2.89. The molecule has 1 amide bonds. The number of aryl methyl sites for hydroxylation is 1. The lowest BCUT2D eigenvalue weighted by atomic mass is 10.2. The van der Waals surface area contributed by atoms with E-state index in [1.54, 1.807) is 53.6 Å². The van der Waals surface area contributed by atoms with Crippen molar-refractivity contribution in [3.05, 3.63) is 60.4 Å². The fraction of sp³-hybridized carbons (Fsp3) is 0.125. The van der Waals surface area contributed by atoms with Crippen molar-refractivity contribution in [3.63, 3.8) is 0 Å². The van der Waals surface area contributed by atoms with Gasteiger partial charge in [-0.15, -0.1) is 0 Å². The van der Waals surface area contributed by atoms with Gasteiger partial charge in [-0.1, -0.05) is 0 Å². The highest BCUT2D eigenvalue weighted by molar-refractivity contribution is 6.06. The van der Waals surface area contributed by atoms with Crippen LogP contribution < -0.4 is 10.1 Å². The Morgan fingerprint density at radius 1 is 1.13 bits per heavy atom. The van der Waals surface area contributed by atoms with Crippen LogP contribution in [0.1, 0.15) is 16.2 Å². The van der Waals surface area contributed by atoms with Crippen LogP contribution >= 0.6 is 0 Å². The zero-order valence-electron chi connectivity index (χ0n) is 12.7. The number of ether oxygens (including phenoxy) is 1. The number of hydrogen-bond acceptors (Lipinski definition) is 5. The van der Waals surface area contributed by atoms with Gasteiger partial charge in [-0.05, 0) is 31.2 Å². The molecule has 0 radical (unpaired) electrons. The van der Waals surface area contributed by atoms with Crippen LogP contribution in [0.3, 0.4) is 0 Å². The first kappa shape index (κ1) is 14.7. The van der Waals surface area contributed by atoms with E-state index in [1.165, 1.54) is 7.11 Å². The molecular weight excluding hydrogens is 294 g/mol. The van der Waals surface area contributed by atoms with Crippen LogP contribution in [0.4, 0.5) is 5.69 Å². The molecule has 116 valence electrons. The summed E-state index contributed by atoms with van der Waals surface area (Å²) in [5, 5.41) is 2.85. The van der Waals surface area contributed by atoms with Gasteiger partial charge in [-0.2, -0.15) is 0 Å². The lowest BCUT2D eigenvalue weighted by molar-refractivity contribution is 0.102. The average molecular weight is 309 g/mol. The number of rotatable bonds is 4. The molecule has 0 unspecified atom stereocenters. The first-order valence-electron chi connectivity index (χ1n) is 6.96. The summed E-state index contributed by atoms with van der Waals surface area (Å²) >= 11 is 0. The topological polar surface area (TPSA) is 81.9 Å². The van der Waals surface area contributed by atoms with Gasteiger partial charge in [0.25, 0.3) is 5.91 Å². The summed E-state index contributed by atoms with van der Waals surface area (Å²) in [6.45, 7) is 1.87. The van der Waals surface area contributed by atoms with E-state index in [4.69, 9.17) is 4.74 Å². The SMILES string of the molecule is COc1ncccc1C(=O)Nc1cccnc1-n1ccnc1C. The number of carbonyl (C=O) groups is 1. The Bertz CT molecular complexity index is 844. The maximum atomic E-state index is 12.5. The number of nitrogens with one attached hydrogen (secondary N) is 1. The maximum absolute atomic E-state index is 12.5. The van der Waals surface area contributed by atoms with E-state index in [0.29, 0.717) is 17.1 Å².